The van der Waals surface area contributed by atoms with Crippen LogP contribution < -0.4 is 5.32 Å². The van der Waals surface area contributed by atoms with Gasteiger partial charge in [-0.05, 0) is 43.2 Å². The van der Waals surface area contributed by atoms with Crippen molar-refractivity contribution >= 4 is 56.5 Å². The summed E-state index contributed by atoms with van der Waals surface area (Å²) in [6, 6.07) is 13.1. The predicted octanol–water partition coefficient (Wildman–Crippen LogP) is 6.01. The average Bonchev–Trinajstić information content (AvgIpc) is 3.08. The second-order valence-electron chi connectivity index (χ2n) is 6.34. The van der Waals surface area contributed by atoms with Crippen molar-refractivity contribution in [3.8, 4) is 0 Å². The Kier molecular flexibility index (Phi) is 5.02. The van der Waals surface area contributed by atoms with E-state index in [9.17, 15) is 4.79 Å². The van der Waals surface area contributed by atoms with E-state index in [0.717, 1.165) is 18.4 Å². The highest BCUT2D eigenvalue weighted by molar-refractivity contribution is 7.18. The van der Waals surface area contributed by atoms with Crippen LogP contribution in [0.15, 0.2) is 42.5 Å². The summed E-state index contributed by atoms with van der Waals surface area (Å²) >= 11 is 13.8. The fourth-order valence-corrected chi connectivity index (χ4v) is 4.77. The number of amides is 2. The van der Waals surface area contributed by atoms with E-state index >= 15 is 0 Å². The Morgan fingerprint density at radius 1 is 1.15 bits per heavy atom. The third-order valence-corrected chi connectivity index (χ3v) is 6.36. The number of hydrogen-bond donors (Lipinski definition) is 1. The molecule has 1 aliphatic heterocycles. The van der Waals surface area contributed by atoms with Gasteiger partial charge in [0.1, 0.15) is 0 Å². The zero-order valence-corrected chi connectivity index (χ0v) is 16.2. The van der Waals surface area contributed by atoms with Crippen molar-refractivity contribution < 1.29 is 4.79 Å². The molecule has 0 spiro atoms. The standard InChI is InChI=1S/C19H17Cl2N3OS/c20-13-5-6-15(14(21)11-13)23-19(25)24-9-7-12(8-10-24)18-22-16-3-1-2-4-17(16)26-18/h1-6,11-12H,7-10H2,(H,23,25). The Morgan fingerprint density at radius 2 is 1.92 bits per heavy atom. The van der Waals surface area contributed by atoms with E-state index in [1.165, 1.54) is 9.71 Å². The molecule has 1 aromatic heterocycles. The average molecular weight is 406 g/mol. The molecule has 0 saturated carbocycles. The highest BCUT2D eigenvalue weighted by atomic mass is 35.5. The second-order valence-corrected chi connectivity index (χ2v) is 8.24. The zero-order chi connectivity index (χ0) is 18.1. The number of para-hydroxylation sites is 1. The molecule has 1 saturated heterocycles. The number of thiazole rings is 1. The van der Waals surface area contributed by atoms with Gasteiger partial charge < -0.3 is 10.2 Å². The highest BCUT2D eigenvalue weighted by Gasteiger charge is 2.26. The molecule has 134 valence electrons. The van der Waals surface area contributed by atoms with Crippen LogP contribution in [0.2, 0.25) is 10.0 Å². The van der Waals surface area contributed by atoms with Crippen LogP contribution in [0.25, 0.3) is 10.2 Å². The highest BCUT2D eigenvalue weighted by Crippen LogP contribution is 2.34. The maximum absolute atomic E-state index is 12.5. The quantitative estimate of drug-likeness (QED) is 0.566. The number of benzene rings is 2. The summed E-state index contributed by atoms with van der Waals surface area (Å²) in [5.41, 5.74) is 1.64. The van der Waals surface area contributed by atoms with Crippen molar-refractivity contribution in [3.05, 3.63) is 57.5 Å². The van der Waals surface area contributed by atoms with Crippen molar-refractivity contribution in [1.29, 1.82) is 0 Å². The first kappa shape index (κ1) is 17.6. The topological polar surface area (TPSA) is 45.2 Å². The molecule has 0 aliphatic carbocycles. The van der Waals surface area contributed by atoms with Gasteiger partial charge in [0.15, 0.2) is 0 Å². The molecule has 0 radical (unpaired) electrons. The molecule has 7 heteroatoms. The number of carbonyl (C=O) groups is 1. The van der Waals surface area contributed by atoms with E-state index in [1.807, 2.05) is 23.1 Å². The van der Waals surface area contributed by atoms with Gasteiger partial charge in [-0.1, -0.05) is 35.3 Å². The summed E-state index contributed by atoms with van der Waals surface area (Å²) in [5, 5.41) is 5.03. The van der Waals surface area contributed by atoms with Gasteiger partial charge in [-0.3, -0.25) is 0 Å². The van der Waals surface area contributed by atoms with E-state index in [-0.39, 0.29) is 6.03 Å². The summed E-state index contributed by atoms with van der Waals surface area (Å²) in [7, 11) is 0. The maximum atomic E-state index is 12.5. The number of likely N-dealkylation sites (tertiary alicyclic amines) is 1. The minimum absolute atomic E-state index is 0.128. The van der Waals surface area contributed by atoms with Gasteiger partial charge in [0.25, 0.3) is 0 Å². The lowest BCUT2D eigenvalue weighted by Gasteiger charge is -2.31. The number of rotatable bonds is 2. The largest absolute Gasteiger partial charge is 0.324 e. The van der Waals surface area contributed by atoms with E-state index in [0.29, 0.717) is 34.7 Å². The van der Waals surface area contributed by atoms with Crippen molar-refractivity contribution in [1.82, 2.24) is 9.88 Å². The van der Waals surface area contributed by atoms with Crippen LogP contribution in [0.1, 0.15) is 23.8 Å². The fourth-order valence-electron chi connectivity index (χ4n) is 3.18. The van der Waals surface area contributed by atoms with Crippen LogP contribution in [-0.4, -0.2) is 29.0 Å². The molecule has 4 nitrogen and oxygen atoms in total. The predicted molar refractivity (Wildman–Crippen MR) is 109 cm³/mol. The molecular weight excluding hydrogens is 389 g/mol. The Hall–Kier alpha value is -1.82. The molecule has 1 fully saturated rings. The molecule has 2 heterocycles. The Balaban J connectivity index is 1.39. The third kappa shape index (κ3) is 3.65. The SMILES string of the molecule is O=C(Nc1ccc(Cl)cc1Cl)N1CCC(c2nc3ccccc3s2)CC1. The van der Waals surface area contributed by atoms with Crippen LogP contribution in [-0.2, 0) is 0 Å². The van der Waals surface area contributed by atoms with E-state index in [4.69, 9.17) is 28.2 Å². The lowest BCUT2D eigenvalue weighted by atomic mass is 9.98. The molecule has 2 amide bonds. The monoisotopic (exact) mass is 405 g/mol. The van der Waals surface area contributed by atoms with E-state index in [2.05, 4.69) is 11.4 Å². The van der Waals surface area contributed by atoms with Crippen molar-refractivity contribution in [2.45, 2.75) is 18.8 Å². The molecule has 1 N–H and O–H groups in total. The Morgan fingerprint density at radius 3 is 2.65 bits per heavy atom. The minimum atomic E-state index is -0.128. The molecular formula is C19H17Cl2N3OS. The van der Waals surface area contributed by atoms with Crippen LogP contribution >= 0.6 is 34.5 Å². The molecule has 2 aromatic carbocycles. The van der Waals surface area contributed by atoms with Gasteiger partial charge in [-0.2, -0.15) is 0 Å². The van der Waals surface area contributed by atoms with Crippen LogP contribution in [0.3, 0.4) is 0 Å². The van der Waals surface area contributed by atoms with Crippen molar-refractivity contribution in [2.75, 3.05) is 18.4 Å². The van der Waals surface area contributed by atoms with Crippen molar-refractivity contribution in [2.24, 2.45) is 0 Å². The zero-order valence-electron chi connectivity index (χ0n) is 13.9. The summed E-state index contributed by atoms with van der Waals surface area (Å²) < 4.78 is 1.22. The molecule has 1 aliphatic rings. The number of fused-ring (bicyclic) bond motifs is 1. The van der Waals surface area contributed by atoms with Crippen LogP contribution in [0, 0.1) is 0 Å². The number of hydrogen-bond acceptors (Lipinski definition) is 3. The van der Waals surface area contributed by atoms with Gasteiger partial charge in [0.05, 0.1) is 25.9 Å². The number of nitrogens with one attached hydrogen (secondary N) is 1. The lowest BCUT2D eigenvalue weighted by Crippen LogP contribution is -2.40. The van der Waals surface area contributed by atoms with Gasteiger partial charge in [0.2, 0.25) is 0 Å². The van der Waals surface area contributed by atoms with Gasteiger partial charge >= 0.3 is 6.03 Å². The first-order valence-corrected chi connectivity index (χ1v) is 10.0. The molecule has 0 bridgehead atoms. The van der Waals surface area contributed by atoms with E-state index in [1.54, 1.807) is 29.5 Å². The Bertz CT molecular complexity index is 918. The van der Waals surface area contributed by atoms with Crippen molar-refractivity contribution in [3.63, 3.8) is 0 Å². The second kappa shape index (κ2) is 7.43. The van der Waals surface area contributed by atoms with Gasteiger partial charge in [-0.15, -0.1) is 11.3 Å². The number of halogens is 2. The smallest absolute Gasteiger partial charge is 0.321 e. The molecule has 0 atom stereocenters. The summed E-state index contributed by atoms with van der Waals surface area (Å²) in [4.78, 5) is 19.1. The summed E-state index contributed by atoms with van der Waals surface area (Å²) in [6.07, 6.45) is 1.84. The molecule has 3 aromatic rings. The number of nitrogens with zero attached hydrogens (tertiary/aromatic N) is 2. The molecule has 4 rings (SSSR count). The minimum Gasteiger partial charge on any atom is -0.324 e. The number of aromatic nitrogens is 1. The first-order valence-electron chi connectivity index (χ1n) is 8.46. The van der Waals surface area contributed by atoms with E-state index < -0.39 is 0 Å². The summed E-state index contributed by atoms with van der Waals surface area (Å²) in [5.74, 6) is 0.413. The number of piperidine rings is 1. The number of urea groups is 1. The first-order chi connectivity index (χ1) is 12.6. The van der Waals surface area contributed by atoms with Crippen LogP contribution in [0.4, 0.5) is 10.5 Å². The fraction of sp³-hybridized carbons (Fsp3) is 0.263. The van der Waals surface area contributed by atoms with Gasteiger partial charge in [0, 0.05) is 24.0 Å². The lowest BCUT2D eigenvalue weighted by molar-refractivity contribution is 0.194. The Labute approximate surface area is 165 Å². The third-order valence-electron chi connectivity index (χ3n) is 4.61. The normalized spacial score (nSPS) is 15.4. The number of carbonyl (C=O) groups excluding carboxylic acids is 1. The van der Waals surface area contributed by atoms with Crippen LogP contribution in [0.5, 0.6) is 0 Å². The van der Waals surface area contributed by atoms with Gasteiger partial charge in [-0.25, -0.2) is 9.78 Å². The molecule has 26 heavy (non-hydrogen) atoms. The number of anilines is 1. The maximum Gasteiger partial charge on any atom is 0.321 e. The molecule has 0 unspecified atom stereocenters. The summed E-state index contributed by atoms with van der Waals surface area (Å²) in [6.45, 7) is 1.41.